The number of hydrogen-bond acceptors (Lipinski definition) is 4. The number of halogens is 2. The molecule has 0 aliphatic carbocycles. The summed E-state index contributed by atoms with van der Waals surface area (Å²) in [7, 11) is 2.10. The van der Waals surface area contributed by atoms with Crippen molar-refractivity contribution in [3.8, 4) is 0 Å². The van der Waals surface area contributed by atoms with E-state index in [-0.39, 0.29) is 6.04 Å². The molecule has 2 aromatic heterocycles. The maximum Gasteiger partial charge on any atom is 0.0565 e. The molecule has 98 valence electrons. The zero-order chi connectivity index (χ0) is 13.1. The van der Waals surface area contributed by atoms with Gasteiger partial charge in [0.05, 0.1) is 11.1 Å². The van der Waals surface area contributed by atoms with Gasteiger partial charge in [0.2, 0.25) is 0 Å². The fourth-order valence-electron chi connectivity index (χ4n) is 1.81. The fourth-order valence-corrected chi connectivity index (χ4v) is 4.58. The van der Waals surface area contributed by atoms with Crippen LogP contribution in [0, 0.1) is 0 Å². The molecule has 1 unspecified atom stereocenters. The zero-order valence-electron chi connectivity index (χ0n) is 9.90. The topological polar surface area (TPSA) is 29.3 Å². The molecule has 0 spiro atoms. The van der Waals surface area contributed by atoms with Crippen LogP contribution in [0.4, 0.5) is 0 Å². The van der Waals surface area contributed by atoms with E-state index < -0.39 is 0 Å². The van der Waals surface area contributed by atoms with Crippen LogP contribution in [0.5, 0.6) is 0 Å². The van der Waals surface area contributed by atoms with Crippen molar-refractivity contribution < 1.29 is 0 Å². The summed E-state index contributed by atoms with van der Waals surface area (Å²) >= 11 is 12.9. The van der Waals surface area contributed by atoms with Gasteiger partial charge in [-0.1, -0.05) is 11.6 Å². The van der Waals surface area contributed by atoms with Crippen molar-refractivity contribution in [1.29, 1.82) is 0 Å². The van der Waals surface area contributed by atoms with E-state index >= 15 is 0 Å². The van der Waals surface area contributed by atoms with Gasteiger partial charge in [0.15, 0.2) is 0 Å². The fraction of sp³-hybridized carbons (Fsp3) is 0.333. The highest BCUT2D eigenvalue weighted by atomic mass is 79.9. The summed E-state index contributed by atoms with van der Waals surface area (Å²) in [6.07, 6.45) is 0. The molecule has 0 fully saturated rings. The Kier molecular flexibility index (Phi) is 5.24. The van der Waals surface area contributed by atoms with E-state index in [2.05, 4.69) is 39.3 Å². The summed E-state index contributed by atoms with van der Waals surface area (Å²) in [6.45, 7) is 1.49. The van der Waals surface area contributed by atoms with Crippen LogP contribution >= 0.6 is 50.2 Å². The summed E-state index contributed by atoms with van der Waals surface area (Å²) in [4.78, 5) is 4.81. The van der Waals surface area contributed by atoms with Crippen molar-refractivity contribution in [2.24, 2.45) is 5.73 Å². The van der Waals surface area contributed by atoms with Gasteiger partial charge in [0.1, 0.15) is 0 Å². The van der Waals surface area contributed by atoms with Crippen LogP contribution in [0.2, 0.25) is 5.02 Å². The van der Waals surface area contributed by atoms with Gasteiger partial charge in [-0.15, -0.1) is 22.7 Å². The summed E-state index contributed by atoms with van der Waals surface area (Å²) < 4.78 is 1.14. The Morgan fingerprint density at radius 3 is 2.67 bits per heavy atom. The Bertz CT molecular complexity index is 512. The van der Waals surface area contributed by atoms with Crippen molar-refractivity contribution in [2.45, 2.75) is 12.6 Å². The van der Waals surface area contributed by atoms with Gasteiger partial charge < -0.3 is 5.73 Å². The first-order valence-electron chi connectivity index (χ1n) is 5.47. The average molecular weight is 366 g/mol. The SMILES string of the molecule is CN(Cc1cc(Br)cs1)C(CN)c1cc(Cl)cs1. The van der Waals surface area contributed by atoms with Crippen LogP contribution in [0.3, 0.4) is 0 Å². The van der Waals surface area contributed by atoms with Crippen LogP contribution in [-0.4, -0.2) is 18.5 Å². The lowest BCUT2D eigenvalue weighted by atomic mass is 10.2. The van der Waals surface area contributed by atoms with Crippen molar-refractivity contribution in [3.05, 3.63) is 42.1 Å². The quantitative estimate of drug-likeness (QED) is 0.853. The molecule has 6 heteroatoms. The van der Waals surface area contributed by atoms with Crippen LogP contribution < -0.4 is 5.73 Å². The third-order valence-electron chi connectivity index (χ3n) is 2.70. The Morgan fingerprint density at radius 2 is 2.17 bits per heavy atom. The summed E-state index contributed by atoms with van der Waals surface area (Å²) in [5.74, 6) is 0. The van der Waals surface area contributed by atoms with Crippen LogP contribution in [0.25, 0.3) is 0 Å². The van der Waals surface area contributed by atoms with Gasteiger partial charge in [-0.3, -0.25) is 4.90 Å². The lowest BCUT2D eigenvalue weighted by Crippen LogP contribution is -2.29. The Morgan fingerprint density at radius 1 is 1.39 bits per heavy atom. The molecular formula is C12H14BrClN2S2. The van der Waals surface area contributed by atoms with Gasteiger partial charge in [0.25, 0.3) is 0 Å². The molecular weight excluding hydrogens is 352 g/mol. The third kappa shape index (κ3) is 3.56. The predicted molar refractivity (Wildman–Crippen MR) is 84.6 cm³/mol. The minimum Gasteiger partial charge on any atom is -0.329 e. The second-order valence-electron chi connectivity index (χ2n) is 4.07. The van der Waals surface area contributed by atoms with Crippen molar-refractivity contribution in [1.82, 2.24) is 4.90 Å². The Balaban J connectivity index is 2.08. The normalized spacial score (nSPS) is 13.2. The van der Waals surface area contributed by atoms with Crippen molar-refractivity contribution in [2.75, 3.05) is 13.6 Å². The minimum atomic E-state index is 0.225. The number of hydrogen-bond donors (Lipinski definition) is 1. The first kappa shape index (κ1) is 14.5. The third-order valence-corrected chi connectivity index (χ3v) is 5.76. The number of likely N-dealkylation sites (N-methyl/N-ethyl adjacent to an activating group) is 1. The van der Waals surface area contributed by atoms with E-state index in [9.17, 15) is 0 Å². The number of rotatable bonds is 5. The van der Waals surface area contributed by atoms with Gasteiger partial charge in [-0.25, -0.2) is 0 Å². The summed E-state index contributed by atoms with van der Waals surface area (Å²) in [6, 6.07) is 4.38. The molecule has 2 N–H and O–H groups in total. The zero-order valence-corrected chi connectivity index (χ0v) is 13.9. The number of thiophene rings is 2. The summed E-state index contributed by atoms with van der Waals surface area (Å²) in [5.41, 5.74) is 5.89. The molecule has 1 atom stereocenters. The molecule has 0 amide bonds. The molecule has 2 nitrogen and oxygen atoms in total. The highest BCUT2D eigenvalue weighted by Crippen LogP contribution is 2.30. The number of nitrogens with two attached hydrogens (primary N) is 1. The van der Waals surface area contributed by atoms with Gasteiger partial charge in [0, 0.05) is 38.1 Å². The van der Waals surface area contributed by atoms with Crippen molar-refractivity contribution in [3.63, 3.8) is 0 Å². The lowest BCUT2D eigenvalue weighted by Gasteiger charge is -2.25. The molecule has 2 aromatic rings. The maximum atomic E-state index is 5.98. The maximum absolute atomic E-state index is 5.98. The first-order chi connectivity index (χ1) is 8.60. The molecule has 0 aliphatic rings. The largest absolute Gasteiger partial charge is 0.329 e. The molecule has 0 bridgehead atoms. The van der Waals surface area contributed by atoms with E-state index in [0.29, 0.717) is 6.54 Å². The monoisotopic (exact) mass is 364 g/mol. The van der Waals surface area contributed by atoms with Gasteiger partial charge >= 0.3 is 0 Å². The first-order valence-corrected chi connectivity index (χ1v) is 8.40. The molecule has 0 saturated heterocycles. The molecule has 18 heavy (non-hydrogen) atoms. The Labute approximate surface area is 128 Å². The van der Waals surface area contributed by atoms with Gasteiger partial charge in [-0.05, 0) is 35.1 Å². The summed E-state index contributed by atoms with van der Waals surface area (Å²) in [5, 5.41) is 4.85. The standard InChI is InChI=1S/C12H14BrClN2S2/c1-16(5-10-2-8(13)6-17-10)11(4-15)12-3-9(14)7-18-12/h2-3,6-7,11H,4-5,15H2,1H3. The van der Waals surface area contributed by atoms with Crippen LogP contribution in [0.1, 0.15) is 15.8 Å². The van der Waals surface area contributed by atoms with E-state index in [1.54, 1.807) is 22.7 Å². The van der Waals surface area contributed by atoms with Crippen LogP contribution in [0.15, 0.2) is 27.4 Å². The van der Waals surface area contributed by atoms with E-state index in [1.165, 1.54) is 9.75 Å². The van der Waals surface area contributed by atoms with Crippen molar-refractivity contribution >= 4 is 50.2 Å². The average Bonchev–Trinajstić information content (AvgIpc) is 2.89. The van der Waals surface area contributed by atoms with E-state index in [0.717, 1.165) is 16.0 Å². The van der Waals surface area contributed by atoms with Gasteiger partial charge in [-0.2, -0.15) is 0 Å². The predicted octanol–water partition coefficient (Wildman–Crippen LogP) is 4.36. The highest BCUT2D eigenvalue weighted by molar-refractivity contribution is 9.10. The lowest BCUT2D eigenvalue weighted by molar-refractivity contribution is 0.247. The molecule has 0 radical (unpaired) electrons. The van der Waals surface area contributed by atoms with E-state index in [1.807, 2.05) is 11.4 Å². The molecule has 2 rings (SSSR count). The highest BCUT2D eigenvalue weighted by Gasteiger charge is 2.18. The second kappa shape index (κ2) is 6.50. The molecule has 0 saturated carbocycles. The van der Waals surface area contributed by atoms with E-state index in [4.69, 9.17) is 17.3 Å². The Hall–Kier alpha value is 0.0900. The molecule has 2 heterocycles. The minimum absolute atomic E-state index is 0.225. The molecule has 0 aromatic carbocycles. The number of nitrogens with zero attached hydrogens (tertiary/aromatic N) is 1. The molecule has 0 aliphatic heterocycles. The van der Waals surface area contributed by atoms with Crippen LogP contribution in [-0.2, 0) is 6.54 Å². The second-order valence-corrected chi connectivity index (χ2v) is 7.36. The smallest absolute Gasteiger partial charge is 0.0565 e.